The van der Waals surface area contributed by atoms with Gasteiger partial charge in [-0.1, -0.05) is 11.6 Å². The number of likely N-dealkylation sites (tertiary alicyclic amines) is 1. The lowest BCUT2D eigenvalue weighted by Crippen LogP contribution is -2.42. The lowest BCUT2D eigenvalue weighted by molar-refractivity contribution is -0.149. The van der Waals surface area contributed by atoms with Crippen LogP contribution in [0, 0.1) is 5.92 Å². The number of carbonyl (C=O) groups excluding carboxylic acids is 3. The van der Waals surface area contributed by atoms with Crippen LogP contribution in [0.1, 0.15) is 30.1 Å². The lowest BCUT2D eigenvalue weighted by atomic mass is 9.97. The van der Waals surface area contributed by atoms with Gasteiger partial charge in [0.15, 0.2) is 18.1 Å². The third kappa shape index (κ3) is 5.28. The molecule has 1 aromatic rings. The number of halogens is 1. The molecular weight excluding hydrogens is 390 g/mol. The van der Waals surface area contributed by atoms with Gasteiger partial charge in [-0.2, -0.15) is 0 Å². The summed E-state index contributed by atoms with van der Waals surface area (Å²) < 4.78 is 20.4. The van der Waals surface area contributed by atoms with Gasteiger partial charge in [-0.3, -0.25) is 9.59 Å². The third-order valence-corrected chi connectivity index (χ3v) is 4.74. The molecule has 1 aliphatic heterocycles. The van der Waals surface area contributed by atoms with Gasteiger partial charge in [0.2, 0.25) is 0 Å². The molecule has 0 N–H and O–H groups in total. The van der Waals surface area contributed by atoms with Crippen molar-refractivity contribution in [2.45, 2.75) is 19.8 Å². The smallest absolute Gasteiger partial charge is 0.338 e. The summed E-state index contributed by atoms with van der Waals surface area (Å²) in [6, 6.07) is 2.86. The van der Waals surface area contributed by atoms with E-state index in [-0.39, 0.29) is 28.4 Å². The number of piperidine rings is 1. The van der Waals surface area contributed by atoms with Gasteiger partial charge in [0.05, 0.1) is 37.3 Å². The Morgan fingerprint density at radius 3 is 2.43 bits per heavy atom. The Bertz CT molecular complexity index is 729. The van der Waals surface area contributed by atoms with Crippen molar-refractivity contribution in [2.24, 2.45) is 5.92 Å². The number of ether oxygens (including phenoxy) is 4. The van der Waals surface area contributed by atoms with Crippen molar-refractivity contribution < 1.29 is 33.3 Å². The summed E-state index contributed by atoms with van der Waals surface area (Å²) in [6.07, 6.45) is 1.05. The maximum Gasteiger partial charge on any atom is 0.338 e. The monoisotopic (exact) mass is 413 g/mol. The predicted octanol–water partition coefficient (Wildman–Crippen LogP) is 2.32. The van der Waals surface area contributed by atoms with Crippen LogP contribution in [0.3, 0.4) is 0 Å². The van der Waals surface area contributed by atoms with Gasteiger partial charge < -0.3 is 23.8 Å². The van der Waals surface area contributed by atoms with Gasteiger partial charge in [-0.05, 0) is 31.9 Å². The second-order valence-corrected chi connectivity index (χ2v) is 6.58. The predicted molar refractivity (Wildman–Crippen MR) is 101 cm³/mol. The number of carbonyl (C=O) groups is 3. The minimum Gasteiger partial charge on any atom is -0.493 e. The number of amides is 1. The largest absolute Gasteiger partial charge is 0.493 e. The van der Waals surface area contributed by atoms with Gasteiger partial charge in [-0.25, -0.2) is 4.79 Å². The van der Waals surface area contributed by atoms with E-state index in [2.05, 4.69) is 0 Å². The average Bonchev–Trinajstić information content (AvgIpc) is 2.72. The number of nitrogens with zero attached hydrogens (tertiary/aromatic N) is 1. The van der Waals surface area contributed by atoms with Crippen LogP contribution < -0.4 is 9.47 Å². The Morgan fingerprint density at radius 1 is 1.18 bits per heavy atom. The molecule has 2 rings (SSSR count). The molecule has 9 heteroatoms. The summed E-state index contributed by atoms with van der Waals surface area (Å²) in [7, 11) is 2.78. The Kier molecular flexibility index (Phi) is 7.92. The quantitative estimate of drug-likeness (QED) is 0.633. The standard InChI is InChI=1S/C19H24ClNO7/c1-4-27-17-14(20)9-13(10-15(17)25-2)19(24)28-11-16(22)21-7-5-12(6-8-21)18(23)26-3/h9-10,12H,4-8,11H2,1-3H3. The highest BCUT2D eigenvalue weighted by molar-refractivity contribution is 6.32. The fourth-order valence-corrected chi connectivity index (χ4v) is 3.22. The summed E-state index contributed by atoms with van der Waals surface area (Å²) >= 11 is 6.15. The van der Waals surface area contributed by atoms with Gasteiger partial charge in [0.1, 0.15) is 0 Å². The molecule has 0 radical (unpaired) electrons. The van der Waals surface area contributed by atoms with Crippen molar-refractivity contribution in [3.05, 3.63) is 22.7 Å². The van der Waals surface area contributed by atoms with Crippen LogP contribution in [0.25, 0.3) is 0 Å². The van der Waals surface area contributed by atoms with Gasteiger partial charge >= 0.3 is 11.9 Å². The highest BCUT2D eigenvalue weighted by Crippen LogP contribution is 2.36. The first-order valence-corrected chi connectivity index (χ1v) is 9.32. The molecule has 0 aliphatic carbocycles. The van der Waals surface area contributed by atoms with E-state index in [0.717, 1.165) is 0 Å². The lowest BCUT2D eigenvalue weighted by Gasteiger charge is -2.30. The Balaban J connectivity index is 1.92. The highest BCUT2D eigenvalue weighted by Gasteiger charge is 2.28. The molecular formula is C19H24ClNO7. The number of esters is 2. The molecule has 1 saturated heterocycles. The zero-order chi connectivity index (χ0) is 20.7. The zero-order valence-electron chi connectivity index (χ0n) is 16.2. The van der Waals surface area contributed by atoms with Crippen molar-refractivity contribution in [1.82, 2.24) is 4.90 Å². The molecule has 1 fully saturated rings. The molecule has 1 aromatic carbocycles. The summed E-state index contributed by atoms with van der Waals surface area (Å²) in [5.41, 5.74) is 0.155. The van der Waals surface area contributed by atoms with Crippen LogP contribution in [0.5, 0.6) is 11.5 Å². The van der Waals surface area contributed by atoms with Crippen molar-refractivity contribution in [2.75, 3.05) is 40.5 Å². The first kappa shape index (κ1) is 21.8. The molecule has 0 unspecified atom stereocenters. The molecule has 0 aromatic heterocycles. The zero-order valence-corrected chi connectivity index (χ0v) is 16.9. The van der Waals surface area contributed by atoms with Crippen molar-refractivity contribution in [3.8, 4) is 11.5 Å². The van der Waals surface area contributed by atoms with Crippen LogP contribution in [0.15, 0.2) is 12.1 Å². The fourth-order valence-electron chi connectivity index (χ4n) is 2.96. The second-order valence-electron chi connectivity index (χ2n) is 6.18. The van der Waals surface area contributed by atoms with E-state index < -0.39 is 12.6 Å². The molecule has 0 saturated carbocycles. The maximum atomic E-state index is 12.3. The number of hydrogen-bond acceptors (Lipinski definition) is 7. The second kappa shape index (κ2) is 10.2. The number of methoxy groups -OCH3 is 2. The molecule has 8 nitrogen and oxygen atoms in total. The molecule has 0 atom stereocenters. The average molecular weight is 414 g/mol. The molecule has 1 amide bonds. The molecule has 28 heavy (non-hydrogen) atoms. The van der Waals surface area contributed by atoms with E-state index in [0.29, 0.717) is 44.0 Å². The third-order valence-electron chi connectivity index (χ3n) is 4.46. The summed E-state index contributed by atoms with van der Waals surface area (Å²) in [5, 5.41) is 0.212. The van der Waals surface area contributed by atoms with E-state index in [4.69, 9.17) is 30.5 Å². The molecule has 0 spiro atoms. The topological polar surface area (TPSA) is 91.4 Å². The van der Waals surface area contributed by atoms with Crippen LogP contribution in [0.2, 0.25) is 5.02 Å². The number of rotatable bonds is 7. The SMILES string of the molecule is CCOc1c(Cl)cc(C(=O)OCC(=O)N2CCC(C(=O)OC)CC2)cc1OC. The maximum absolute atomic E-state index is 12.3. The first-order chi connectivity index (χ1) is 13.4. The minimum atomic E-state index is -0.693. The summed E-state index contributed by atoms with van der Waals surface area (Å²) in [5.74, 6) is -0.832. The molecule has 0 bridgehead atoms. The van der Waals surface area contributed by atoms with Gasteiger partial charge in [-0.15, -0.1) is 0 Å². The highest BCUT2D eigenvalue weighted by atomic mass is 35.5. The Hall–Kier alpha value is -2.48. The van der Waals surface area contributed by atoms with Crippen LogP contribution in [-0.2, 0) is 19.1 Å². The van der Waals surface area contributed by atoms with Crippen LogP contribution in [-0.4, -0.2) is 63.3 Å². The van der Waals surface area contributed by atoms with E-state index in [1.54, 1.807) is 11.8 Å². The molecule has 1 aliphatic rings. The normalized spacial score (nSPS) is 14.4. The first-order valence-electron chi connectivity index (χ1n) is 8.94. The van der Waals surface area contributed by atoms with Crippen LogP contribution >= 0.6 is 11.6 Å². The van der Waals surface area contributed by atoms with Gasteiger partial charge in [0, 0.05) is 13.1 Å². The van der Waals surface area contributed by atoms with Crippen molar-refractivity contribution in [1.29, 1.82) is 0 Å². The van der Waals surface area contributed by atoms with Crippen molar-refractivity contribution in [3.63, 3.8) is 0 Å². The van der Waals surface area contributed by atoms with Crippen molar-refractivity contribution >= 4 is 29.4 Å². The van der Waals surface area contributed by atoms with E-state index in [9.17, 15) is 14.4 Å². The van der Waals surface area contributed by atoms with Crippen LogP contribution in [0.4, 0.5) is 0 Å². The number of benzene rings is 1. The molecule has 1 heterocycles. The number of hydrogen-bond donors (Lipinski definition) is 0. The Labute approximate surface area is 168 Å². The molecule has 154 valence electrons. The summed E-state index contributed by atoms with van der Waals surface area (Å²) in [4.78, 5) is 37.7. The van der Waals surface area contributed by atoms with E-state index in [1.807, 2.05) is 0 Å². The fraction of sp³-hybridized carbons (Fsp3) is 0.526. The minimum absolute atomic E-state index is 0.155. The Morgan fingerprint density at radius 2 is 1.86 bits per heavy atom. The van der Waals surface area contributed by atoms with Gasteiger partial charge in [0.25, 0.3) is 5.91 Å². The summed E-state index contributed by atoms with van der Waals surface area (Å²) in [6.45, 7) is 2.63. The van der Waals surface area contributed by atoms with E-state index in [1.165, 1.54) is 26.4 Å². The van der Waals surface area contributed by atoms with E-state index >= 15 is 0 Å².